The van der Waals surface area contributed by atoms with E-state index in [0.717, 1.165) is 31.4 Å². The second-order valence-electron chi connectivity index (χ2n) is 6.36. The van der Waals surface area contributed by atoms with Gasteiger partial charge < -0.3 is 10.8 Å². The van der Waals surface area contributed by atoms with E-state index in [1.807, 2.05) is 0 Å². The summed E-state index contributed by atoms with van der Waals surface area (Å²) in [6, 6.07) is 0. The van der Waals surface area contributed by atoms with E-state index >= 15 is 0 Å². The summed E-state index contributed by atoms with van der Waals surface area (Å²) in [5.41, 5.74) is 8.82. The summed E-state index contributed by atoms with van der Waals surface area (Å²) >= 11 is 4.84. The van der Waals surface area contributed by atoms with Crippen LogP contribution in [0.2, 0.25) is 0 Å². The molecule has 0 aromatic carbocycles. The molecule has 2 bridgehead atoms. The maximum Gasteiger partial charge on any atom is 0.184 e. The van der Waals surface area contributed by atoms with Gasteiger partial charge in [-0.3, -0.25) is 5.43 Å². The molecule has 3 saturated carbocycles. The van der Waals surface area contributed by atoms with Crippen LogP contribution < -0.4 is 11.2 Å². The fourth-order valence-electron chi connectivity index (χ4n) is 4.56. The standard InChI is InChI=1S/C14H23N3OS/c15-13(19)17-16-12-9-4-3-6-11(12)14(18)7-2-1-5-10(14)8-9/h9-11,18H,1-8H2,(H3,15,17,19)/b16-12-/t9-,10-,11+,14-/m0/s1. The minimum Gasteiger partial charge on any atom is -0.389 e. The summed E-state index contributed by atoms with van der Waals surface area (Å²) in [5, 5.41) is 15.8. The highest BCUT2D eigenvalue weighted by atomic mass is 32.1. The molecule has 3 aliphatic rings. The third kappa shape index (κ3) is 2.27. The number of hydrogen-bond acceptors (Lipinski definition) is 3. The topological polar surface area (TPSA) is 70.6 Å². The van der Waals surface area contributed by atoms with E-state index in [1.165, 1.54) is 25.7 Å². The van der Waals surface area contributed by atoms with Crippen molar-refractivity contribution in [2.24, 2.45) is 28.6 Å². The van der Waals surface area contributed by atoms with Crippen LogP contribution in [0.1, 0.15) is 51.4 Å². The van der Waals surface area contributed by atoms with E-state index in [2.05, 4.69) is 10.5 Å². The van der Waals surface area contributed by atoms with E-state index in [0.29, 0.717) is 11.8 Å². The molecule has 4 nitrogen and oxygen atoms in total. The van der Waals surface area contributed by atoms with Gasteiger partial charge in [-0.2, -0.15) is 5.10 Å². The average Bonchev–Trinajstić information content (AvgIpc) is 2.38. The van der Waals surface area contributed by atoms with E-state index in [-0.39, 0.29) is 11.0 Å². The Hall–Kier alpha value is -0.680. The lowest BCUT2D eigenvalue weighted by Gasteiger charge is -2.54. The first-order chi connectivity index (χ1) is 9.11. The summed E-state index contributed by atoms with van der Waals surface area (Å²) in [5.74, 6) is 1.21. The third-order valence-corrected chi connectivity index (χ3v) is 5.47. The average molecular weight is 281 g/mol. The quantitative estimate of drug-likeness (QED) is 0.507. The zero-order valence-electron chi connectivity index (χ0n) is 11.3. The van der Waals surface area contributed by atoms with E-state index < -0.39 is 5.60 Å². The van der Waals surface area contributed by atoms with Crippen LogP contribution in [0.15, 0.2) is 5.10 Å². The molecular formula is C14H23N3OS. The van der Waals surface area contributed by atoms with Gasteiger partial charge in [-0.25, -0.2) is 0 Å². The van der Waals surface area contributed by atoms with Gasteiger partial charge in [0.1, 0.15) is 0 Å². The van der Waals surface area contributed by atoms with E-state index in [4.69, 9.17) is 18.0 Å². The van der Waals surface area contributed by atoms with Crippen LogP contribution in [0.4, 0.5) is 0 Å². The Labute approximate surface area is 119 Å². The second kappa shape index (κ2) is 5.02. The second-order valence-corrected chi connectivity index (χ2v) is 6.80. The number of aliphatic hydroxyl groups is 1. The Balaban J connectivity index is 1.90. The number of thiocarbonyl (C=S) groups is 1. The first-order valence-electron chi connectivity index (χ1n) is 7.46. The highest BCUT2D eigenvalue weighted by Crippen LogP contribution is 2.52. The van der Waals surface area contributed by atoms with Gasteiger partial charge in [0.25, 0.3) is 0 Å². The molecule has 106 valence electrons. The summed E-state index contributed by atoms with van der Waals surface area (Å²) in [7, 11) is 0. The number of rotatable bonds is 1. The molecule has 19 heavy (non-hydrogen) atoms. The zero-order chi connectivity index (χ0) is 13.5. The number of nitrogens with one attached hydrogen (secondary N) is 1. The Morgan fingerprint density at radius 3 is 2.95 bits per heavy atom. The van der Waals surface area contributed by atoms with Crippen LogP contribution in [-0.2, 0) is 0 Å². The number of hydrogen-bond donors (Lipinski definition) is 3. The smallest absolute Gasteiger partial charge is 0.184 e. The van der Waals surface area contributed by atoms with Crippen LogP contribution in [0, 0.1) is 17.8 Å². The summed E-state index contributed by atoms with van der Waals surface area (Å²) in [6.07, 6.45) is 9.07. The molecule has 0 saturated heterocycles. The first kappa shape index (κ1) is 13.3. The molecule has 3 rings (SSSR count). The van der Waals surface area contributed by atoms with Gasteiger partial charge in [-0.1, -0.05) is 19.3 Å². The minimum absolute atomic E-state index is 0.211. The minimum atomic E-state index is -0.522. The van der Waals surface area contributed by atoms with Crippen LogP contribution >= 0.6 is 12.2 Å². The third-order valence-electron chi connectivity index (χ3n) is 5.38. The van der Waals surface area contributed by atoms with Gasteiger partial charge in [-0.15, -0.1) is 0 Å². The van der Waals surface area contributed by atoms with Crippen molar-refractivity contribution in [3.8, 4) is 0 Å². The largest absolute Gasteiger partial charge is 0.389 e. The first-order valence-corrected chi connectivity index (χ1v) is 7.87. The van der Waals surface area contributed by atoms with Gasteiger partial charge in [-0.05, 0) is 56.2 Å². The van der Waals surface area contributed by atoms with Gasteiger partial charge in [0.2, 0.25) is 0 Å². The summed E-state index contributed by atoms with van der Waals surface area (Å²) in [6.45, 7) is 0. The number of nitrogens with two attached hydrogens (primary N) is 1. The number of fused-ring (bicyclic) bond motifs is 4. The molecule has 4 N–H and O–H groups in total. The Morgan fingerprint density at radius 2 is 2.16 bits per heavy atom. The Bertz CT molecular complexity index is 411. The number of nitrogens with zero attached hydrogens (tertiary/aromatic N) is 1. The van der Waals surface area contributed by atoms with Gasteiger partial charge in [0.05, 0.1) is 5.60 Å². The molecular weight excluding hydrogens is 258 g/mol. The molecule has 5 heteroatoms. The highest BCUT2D eigenvalue weighted by Gasteiger charge is 2.54. The summed E-state index contributed by atoms with van der Waals surface area (Å²) < 4.78 is 0. The van der Waals surface area contributed by atoms with Crippen LogP contribution in [0.25, 0.3) is 0 Å². The van der Waals surface area contributed by atoms with Crippen molar-refractivity contribution in [2.75, 3.05) is 0 Å². The zero-order valence-corrected chi connectivity index (χ0v) is 12.1. The molecule has 0 aromatic rings. The SMILES string of the molecule is NC(=S)N/N=C1/[C@H]2CCC[C@H]1[C@]1(O)CCCC[C@H]1C2. The molecule has 0 radical (unpaired) electrons. The molecule has 3 aliphatic carbocycles. The van der Waals surface area contributed by atoms with E-state index in [9.17, 15) is 5.11 Å². The van der Waals surface area contributed by atoms with Crippen molar-refractivity contribution >= 4 is 23.0 Å². The van der Waals surface area contributed by atoms with Crippen molar-refractivity contribution in [2.45, 2.75) is 57.0 Å². The lowest BCUT2D eigenvalue weighted by Crippen LogP contribution is -2.58. The predicted molar refractivity (Wildman–Crippen MR) is 79.7 cm³/mol. The maximum absolute atomic E-state index is 11.2. The monoisotopic (exact) mass is 281 g/mol. The fourth-order valence-corrected chi connectivity index (χ4v) is 4.60. The van der Waals surface area contributed by atoms with Crippen LogP contribution in [0.3, 0.4) is 0 Å². The van der Waals surface area contributed by atoms with Crippen molar-refractivity contribution in [1.29, 1.82) is 0 Å². The van der Waals surface area contributed by atoms with Crippen molar-refractivity contribution < 1.29 is 5.11 Å². The summed E-state index contributed by atoms with van der Waals surface area (Å²) in [4.78, 5) is 0. The Morgan fingerprint density at radius 1 is 1.32 bits per heavy atom. The van der Waals surface area contributed by atoms with Crippen molar-refractivity contribution in [3.05, 3.63) is 0 Å². The molecule has 0 amide bonds. The van der Waals surface area contributed by atoms with Gasteiger partial charge in [0.15, 0.2) is 5.11 Å². The van der Waals surface area contributed by atoms with Crippen LogP contribution in [0.5, 0.6) is 0 Å². The normalized spacial score (nSPS) is 43.6. The van der Waals surface area contributed by atoms with Gasteiger partial charge >= 0.3 is 0 Å². The maximum atomic E-state index is 11.2. The predicted octanol–water partition coefficient (Wildman–Crippen LogP) is 1.92. The molecule has 4 atom stereocenters. The molecule has 0 aromatic heterocycles. The molecule has 0 unspecified atom stereocenters. The highest BCUT2D eigenvalue weighted by molar-refractivity contribution is 7.80. The molecule has 0 heterocycles. The van der Waals surface area contributed by atoms with Crippen molar-refractivity contribution in [3.63, 3.8) is 0 Å². The molecule has 3 fully saturated rings. The molecule has 0 aliphatic heterocycles. The fraction of sp³-hybridized carbons (Fsp3) is 0.857. The van der Waals surface area contributed by atoms with Crippen LogP contribution in [-0.4, -0.2) is 21.5 Å². The van der Waals surface area contributed by atoms with Crippen molar-refractivity contribution in [1.82, 2.24) is 5.43 Å². The lowest BCUT2D eigenvalue weighted by atomic mass is 9.54. The Kier molecular flexibility index (Phi) is 3.52. The van der Waals surface area contributed by atoms with Gasteiger partial charge in [0, 0.05) is 11.6 Å². The number of hydrazone groups is 1. The van der Waals surface area contributed by atoms with E-state index in [1.54, 1.807) is 0 Å². The lowest BCUT2D eigenvalue weighted by molar-refractivity contribution is -0.101. The molecule has 0 spiro atoms.